The maximum absolute atomic E-state index is 11.5. The number of amides is 1. The summed E-state index contributed by atoms with van der Waals surface area (Å²) in [5.74, 6) is 0.709. The number of carbonyl (C=O) groups is 1. The third-order valence-electron chi connectivity index (χ3n) is 2.20. The van der Waals surface area contributed by atoms with Gasteiger partial charge in [-0.05, 0) is 32.4 Å². The van der Waals surface area contributed by atoms with Crippen molar-refractivity contribution in [3.63, 3.8) is 0 Å². The Morgan fingerprint density at radius 2 is 2.20 bits per heavy atom. The summed E-state index contributed by atoms with van der Waals surface area (Å²) >= 11 is 1.66. The van der Waals surface area contributed by atoms with E-state index in [1.165, 1.54) is 0 Å². The molecule has 0 spiro atoms. The fraction of sp³-hybridized carbons (Fsp3) is 0.889. The van der Waals surface area contributed by atoms with Crippen LogP contribution in [0.25, 0.3) is 0 Å². The molecule has 0 aliphatic carbocycles. The molecule has 90 valence electrons. The zero-order valence-electron chi connectivity index (χ0n) is 9.49. The predicted molar refractivity (Wildman–Crippen MR) is 63.6 cm³/mol. The Kier molecular flexibility index (Phi) is 7.76. The third kappa shape index (κ3) is 5.99. The van der Waals surface area contributed by atoms with Gasteiger partial charge in [-0.3, -0.25) is 4.79 Å². The molecular formula is C9H21N3O2S. The first kappa shape index (κ1) is 14.7. The number of aliphatic hydroxyl groups is 1. The average Bonchev–Trinajstić information content (AvgIpc) is 2.22. The van der Waals surface area contributed by atoms with E-state index in [-0.39, 0.29) is 18.0 Å². The highest BCUT2D eigenvalue weighted by atomic mass is 32.2. The number of hydrogen-bond donors (Lipinski definition) is 4. The number of nitrogens with one attached hydrogen (secondary N) is 2. The summed E-state index contributed by atoms with van der Waals surface area (Å²) in [5, 5.41) is 14.8. The largest absolute Gasteiger partial charge is 0.377 e. The summed E-state index contributed by atoms with van der Waals surface area (Å²) in [5.41, 5.74) is 5.38. The van der Waals surface area contributed by atoms with Crippen LogP contribution < -0.4 is 16.4 Å². The topological polar surface area (TPSA) is 87.4 Å². The minimum absolute atomic E-state index is 0.145. The van der Waals surface area contributed by atoms with Gasteiger partial charge < -0.3 is 21.5 Å². The smallest absolute Gasteiger partial charge is 0.237 e. The fourth-order valence-electron chi connectivity index (χ4n) is 1.01. The van der Waals surface area contributed by atoms with Crippen molar-refractivity contribution in [3.05, 3.63) is 0 Å². The highest BCUT2D eigenvalue weighted by Crippen LogP contribution is 2.02. The first-order chi connectivity index (χ1) is 7.02. The number of nitrogens with two attached hydrogens (primary N) is 1. The lowest BCUT2D eigenvalue weighted by molar-refractivity contribution is -0.124. The van der Waals surface area contributed by atoms with Crippen molar-refractivity contribution in [2.45, 2.75) is 31.7 Å². The molecule has 0 aromatic rings. The van der Waals surface area contributed by atoms with Gasteiger partial charge >= 0.3 is 0 Å². The molecule has 15 heavy (non-hydrogen) atoms. The van der Waals surface area contributed by atoms with Crippen LogP contribution in [0.2, 0.25) is 0 Å². The molecule has 0 aliphatic rings. The Hall–Kier alpha value is -0.300. The lowest BCUT2D eigenvalue weighted by Crippen LogP contribution is -2.52. The molecular weight excluding hydrogens is 214 g/mol. The van der Waals surface area contributed by atoms with Crippen LogP contribution in [0.1, 0.15) is 13.3 Å². The van der Waals surface area contributed by atoms with Crippen LogP contribution in [0.5, 0.6) is 0 Å². The van der Waals surface area contributed by atoms with Crippen molar-refractivity contribution in [2.75, 3.05) is 19.1 Å². The van der Waals surface area contributed by atoms with Gasteiger partial charge in [0.05, 0.1) is 12.1 Å². The van der Waals surface area contributed by atoms with Gasteiger partial charge in [0.25, 0.3) is 0 Å². The SMILES string of the molecule is CN[C@@H](C)C(=O)N[C@@H](CCSC)C(N)O. The van der Waals surface area contributed by atoms with Gasteiger partial charge in [-0.25, -0.2) is 0 Å². The van der Waals surface area contributed by atoms with Crippen LogP contribution in [0.4, 0.5) is 0 Å². The molecule has 0 bridgehead atoms. The van der Waals surface area contributed by atoms with E-state index in [1.807, 2.05) is 6.26 Å². The van der Waals surface area contributed by atoms with Gasteiger partial charge in [0.15, 0.2) is 0 Å². The van der Waals surface area contributed by atoms with Gasteiger partial charge in [0.1, 0.15) is 6.23 Å². The minimum atomic E-state index is -1.01. The number of aliphatic hydroxyl groups excluding tert-OH is 1. The normalized spacial score (nSPS) is 16.9. The van der Waals surface area contributed by atoms with Crippen LogP contribution in [-0.4, -0.2) is 48.4 Å². The van der Waals surface area contributed by atoms with Gasteiger partial charge in [0, 0.05) is 0 Å². The second kappa shape index (κ2) is 7.92. The number of thioether (sulfide) groups is 1. The number of likely N-dealkylation sites (N-methyl/N-ethyl adjacent to an activating group) is 1. The van der Waals surface area contributed by atoms with E-state index in [2.05, 4.69) is 10.6 Å². The first-order valence-corrected chi connectivity index (χ1v) is 6.32. The molecule has 0 heterocycles. The zero-order valence-corrected chi connectivity index (χ0v) is 10.3. The summed E-state index contributed by atoms with van der Waals surface area (Å²) < 4.78 is 0. The molecule has 0 saturated heterocycles. The van der Waals surface area contributed by atoms with E-state index in [4.69, 9.17) is 5.73 Å². The molecule has 0 rings (SSSR count). The Balaban J connectivity index is 4.09. The molecule has 0 saturated carbocycles. The van der Waals surface area contributed by atoms with E-state index in [0.29, 0.717) is 6.42 Å². The van der Waals surface area contributed by atoms with Crippen molar-refractivity contribution in [1.82, 2.24) is 10.6 Å². The van der Waals surface area contributed by atoms with E-state index in [9.17, 15) is 9.90 Å². The fourth-order valence-corrected chi connectivity index (χ4v) is 1.50. The third-order valence-corrected chi connectivity index (χ3v) is 2.84. The van der Waals surface area contributed by atoms with Crippen molar-refractivity contribution in [2.24, 2.45) is 5.73 Å². The van der Waals surface area contributed by atoms with Gasteiger partial charge in [-0.1, -0.05) is 0 Å². The van der Waals surface area contributed by atoms with Crippen LogP contribution in [0, 0.1) is 0 Å². The van der Waals surface area contributed by atoms with Crippen LogP contribution >= 0.6 is 11.8 Å². The molecule has 0 radical (unpaired) electrons. The van der Waals surface area contributed by atoms with E-state index >= 15 is 0 Å². The summed E-state index contributed by atoms with van der Waals surface area (Å²) in [6.07, 6.45) is 1.63. The van der Waals surface area contributed by atoms with Crippen LogP contribution in [0.15, 0.2) is 0 Å². The van der Waals surface area contributed by atoms with Crippen molar-refractivity contribution < 1.29 is 9.90 Å². The Labute approximate surface area is 95.2 Å². The highest BCUT2D eigenvalue weighted by molar-refractivity contribution is 7.98. The van der Waals surface area contributed by atoms with Gasteiger partial charge in [-0.2, -0.15) is 11.8 Å². The summed E-state index contributed by atoms with van der Waals surface area (Å²) in [6.45, 7) is 1.75. The summed E-state index contributed by atoms with van der Waals surface area (Å²) in [6, 6.07) is -0.652. The molecule has 0 fully saturated rings. The molecule has 1 unspecified atom stereocenters. The number of hydrogen-bond acceptors (Lipinski definition) is 5. The molecule has 0 aromatic carbocycles. The first-order valence-electron chi connectivity index (χ1n) is 4.93. The van der Waals surface area contributed by atoms with Crippen molar-refractivity contribution in [3.8, 4) is 0 Å². The average molecular weight is 235 g/mol. The highest BCUT2D eigenvalue weighted by Gasteiger charge is 2.19. The van der Waals surface area contributed by atoms with Crippen molar-refractivity contribution in [1.29, 1.82) is 0 Å². The second-order valence-corrected chi connectivity index (χ2v) is 4.38. The number of rotatable bonds is 7. The lowest BCUT2D eigenvalue weighted by Gasteiger charge is -2.22. The predicted octanol–water partition coefficient (Wildman–Crippen LogP) is -0.891. The molecule has 1 amide bonds. The Morgan fingerprint density at radius 3 is 2.60 bits per heavy atom. The van der Waals surface area contributed by atoms with E-state index < -0.39 is 6.23 Å². The van der Waals surface area contributed by atoms with E-state index in [1.54, 1.807) is 25.7 Å². The second-order valence-electron chi connectivity index (χ2n) is 3.40. The molecule has 0 aliphatic heterocycles. The van der Waals surface area contributed by atoms with Gasteiger partial charge in [-0.15, -0.1) is 0 Å². The molecule has 5 nitrogen and oxygen atoms in total. The maximum Gasteiger partial charge on any atom is 0.237 e. The monoisotopic (exact) mass is 235 g/mol. The number of carbonyl (C=O) groups excluding carboxylic acids is 1. The van der Waals surface area contributed by atoms with E-state index in [0.717, 1.165) is 5.75 Å². The lowest BCUT2D eigenvalue weighted by atomic mass is 10.2. The van der Waals surface area contributed by atoms with Gasteiger partial charge in [0.2, 0.25) is 5.91 Å². The standard InChI is InChI=1S/C9H21N3O2S/c1-6(11-2)9(14)12-7(8(10)13)4-5-15-3/h6-8,11,13H,4-5,10H2,1-3H3,(H,12,14)/t6-,7-,8?/m0/s1. The Morgan fingerprint density at radius 1 is 1.60 bits per heavy atom. The summed E-state index contributed by atoms with van der Waals surface area (Å²) in [4.78, 5) is 11.5. The molecule has 5 N–H and O–H groups in total. The quantitative estimate of drug-likeness (QED) is 0.430. The summed E-state index contributed by atoms with van der Waals surface area (Å²) in [7, 11) is 1.71. The molecule has 6 heteroatoms. The molecule has 3 atom stereocenters. The zero-order chi connectivity index (χ0) is 11.8. The van der Waals surface area contributed by atoms with Crippen LogP contribution in [-0.2, 0) is 4.79 Å². The molecule has 0 aromatic heterocycles. The Bertz CT molecular complexity index is 190. The van der Waals surface area contributed by atoms with Crippen LogP contribution in [0.3, 0.4) is 0 Å². The van der Waals surface area contributed by atoms with Crippen molar-refractivity contribution >= 4 is 17.7 Å². The maximum atomic E-state index is 11.5. The minimum Gasteiger partial charge on any atom is -0.377 e.